The Bertz CT molecular complexity index is 301. The highest BCUT2D eigenvalue weighted by Gasteiger charge is 1.98. The number of methoxy groups -OCH3 is 1. The van der Waals surface area contributed by atoms with Crippen molar-refractivity contribution in [2.24, 2.45) is 0 Å². The molecule has 0 fully saturated rings. The molecule has 0 saturated heterocycles. The first-order valence-electron chi connectivity index (χ1n) is 6.02. The van der Waals surface area contributed by atoms with E-state index in [2.05, 4.69) is 36.3 Å². The molecule has 1 N–H and O–H groups in total. The average molecular weight is 254 g/mol. The molecule has 0 spiro atoms. The number of hydrogen-bond donors (Lipinski definition) is 1. The summed E-state index contributed by atoms with van der Waals surface area (Å²) in [6.45, 7) is 6.00. The van der Waals surface area contributed by atoms with Crippen LogP contribution in [0, 0.1) is 0 Å². The van der Waals surface area contributed by atoms with E-state index in [-0.39, 0.29) is 0 Å². The molecule has 0 bridgehead atoms. The molecule has 0 amide bonds. The summed E-state index contributed by atoms with van der Waals surface area (Å²) in [5.74, 6) is 1.06. The van der Waals surface area contributed by atoms with E-state index in [0.29, 0.717) is 6.04 Å². The zero-order chi connectivity index (χ0) is 12.5. The Hall–Kier alpha value is -0.580. The van der Waals surface area contributed by atoms with E-state index in [4.69, 9.17) is 4.74 Å². The maximum absolute atomic E-state index is 5.01. The quantitative estimate of drug-likeness (QED) is 0.571. The van der Waals surface area contributed by atoms with Gasteiger partial charge in [-0.3, -0.25) is 0 Å². The molecule has 0 aliphatic carbocycles. The molecule has 1 heterocycles. The van der Waals surface area contributed by atoms with Crippen molar-refractivity contribution in [3.63, 3.8) is 0 Å². The van der Waals surface area contributed by atoms with Gasteiger partial charge in [0.1, 0.15) is 0 Å². The van der Waals surface area contributed by atoms with Crippen molar-refractivity contribution >= 4 is 11.8 Å². The Morgan fingerprint density at radius 2 is 2.24 bits per heavy atom. The van der Waals surface area contributed by atoms with Crippen LogP contribution in [0.3, 0.4) is 0 Å². The van der Waals surface area contributed by atoms with Crippen LogP contribution in [-0.2, 0) is 11.3 Å². The van der Waals surface area contributed by atoms with E-state index in [9.17, 15) is 0 Å². The summed E-state index contributed by atoms with van der Waals surface area (Å²) in [5.41, 5.74) is 1.24. The lowest BCUT2D eigenvalue weighted by Gasteiger charge is -2.08. The van der Waals surface area contributed by atoms with E-state index >= 15 is 0 Å². The summed E-state index contributed by atoms with van der Waals surface area (Å²) in [6, 6.07) is 4.74. The molecule has 0 aliphatic rings. The second-order valence-corrected chi connectivity index (χ2v) is 5.35. The van der Waals surface area contributed by atoms with E-state index in [0.717, 1.165) is 30.4 Å². The van der Waals surface area contributed by atoms with Gasteiger partial charge in [0.15, 0.2) is 0 Å². The lowest BCUT2D eigenvalue weighted by molar-refractivity contribution is 0.200. The van der Waals surface area contributed by atoms with Gasteiger partial charge in [-0.1, -0.05) is 19.9 Å². The third kappa shape index (κ3) is 6.66. The maximum atomic E-state index is 5.01. The molecule has 3 nitrogen and oxygen atoms in total. The molecule has 1 aromatic rings. The summed E-state index contributed by atoms with van der Waals surface area (Å²) in [7, 11) is 1.74. The van der Waals surface area contributed by atoms with Gasteiger partial charge in [0.25, 0.3) is 0 Å². The number of pyridine rings is 1. The SMILES string of the molecule is COCCCSc1ccc(CNC(C)C)cn1. The zero-order valence-electron chi connectivity index (χ0n) is 10.9. The molecule has 0 unspecified atom stereocenters. The molecule has 4 heteroatoms. The third-order valence-corrected chi connectivity index (χ3v) is 3.28. The first-order chi connectivity index (χ1) is 8.22. The van der Waals surface area contributed by atoms with Crippen LogP contribution in [0.1, 0.15) is 25.8 Å². The van der Waals surface area contributed by atoms with Crippen molar-refractivity contribution in [3.8, 4) is 0 Å². The highest BCUT2D eigenvalue weighted by molar-refractivity contribution is 7.99. The zero-order valence-corrected chi connectivity index (χ0v) is 11.7. The van der Waals surface area contributed by atoms with Crippen LogP contribution in [0.5, 0.6) is 0 Å². The van der Waals surface area contributed by atoms with Gasteiger partial charge >= 0.3 is 0 Å². The van der Waals surface area contributed by atoms with Gasteiger partial charge < -0.3 is 10.1 Å². The minimum atomic E-state index is 0.512. The van der Waals surface area contributed by atoms with E-state index in [1.54, 1.807) is 18.9 Å². The summed E-state index contributed by atoms with van der Waals surface area (Å²) in [4.78, 5) is 4.44. The van der Waals surface area contributed by atoms with Gasteiger partial charge in [-0.15, -0.1) is 11.8 Å². The molecular formula is C13H22N2OS. The molecule has 0 aliphatic heterocycles. The standard InChI is InChI=1S/C13H22N2OS/c1-11(2)14-9-12-5-6-13(15-10-12)17-8-4-7-16-3/h5-6,10-11,14H,4,7-9H2,1-3H3. The minimum Gasteiger partial charge on any atom is -0.385 e. The molecule has 0 radical (unpaired) electrons. The number of rotatable bonds is 8. The van der Waals surface area contributed by atoms with E-state index in [1.807, 2.05) is 6.20 Å². The van der Waals surface area contributed by atoms with Crippen molar-refractivity contribution in [2.45, 2.75) is 37.9 Å². The first kappa shape index (κ1) is 14.5. The monoisotopic (exact) mass is 254 g/mol. The Labute approximate surface area is 108 Å². The van der Waals surface area contributed by atoms with Gasteiger partial charge in [0, 0.05) is 38.3 Å². The van der Waals surface area contributed by atoms with E-state index < -0.39 is 0 Å². The van der Waals surface area contributed by atoms with Crippen LogP contribution in [0.25, 0.3) is 0 Å². The van der Waals surface area contributed by atoms with Crippen LogP contribution in [0.15, 0.2) is 23.4 Å². The number of nitrogens with zero attached hydrogens (tertiary/aromatic N) is 1. The van der Waals surface area contributed by atoms with Crippen LogP contribution in [-0.4, -0.2) is 30.5 Å². The highest BCUT2D eigenvalue weighted by atomic mass is 32.2. The number of thioether (sulfide) groups is 1. The topological polar surface area (TPSA) is 34.1 Å². The van der Waals surface area contributed by atoms with Crippen molar-refractivity contribution < 1.29 is 4.74 Å². The van der Waals surface area contributed by atoms with Gasteiger partial charge in [-0.25, -0.2) is 4.98 Å². The van der Waals surface area contributed by atoms with Crippen molar-refractivity contribution in [3.05, 3.63) is 23.9 Å². The fourth-order valence-electron chi connectivity index (χ4n) is 1.30. The summed E-state index contributed by atoms with van der Waals surface area (Å²) >= 11 is 1.78. The predicted molar refractivity (Wildman–Crippen MR) is 73.4 cm³/mol. The third-order valence-electron chi connectivity index (χ3n) is 2.25. The molecule has 0 saturated carbocycles. The Morgan fingerprint density at radius 3 is 2.82 bits per heavy atom. The number of nitrogens with one attached hydrogen (secondary N) is 1. The van der Waals surface area contributed by atoms with Gasteiger partial charge in [0.2, 0.25) is 0 Å². The van der Waals surface area contributed by atoms with Crippen molar-refractivity contribution in [1.29, 1.82) is 0 Å². The van der Waals surface area contributed by atoms with Crippen molar-refractivity contribution in [2.75, 3.05) is 19.5 Å². The van der Waals surface area contributed by atoms with Crippen LogP contribution >= 0.6 is 11.8 Å². The highest BCUT2D eigenvalue weighted by Crippen LogP contribution is 2.16. The van der Waals surface area contributed by atoms with Crippen LogP contribution in [0.2, 0.25) is 0 Å². The second-order valence-electron chi connectivity index (χ2n) is 4.24. The number of hydrogen-bond acceptors (Lipinski definition) is 4. The van der Waals surface area contributed by atoms with Crippen LogP contribution < -0.4 is 5.32 Å². The minimum absolute atomic E-state index is 0.512. The largest absolute Gasteiger partial charge is 0.385 e. The van der Waals surface area contributed by atoms with Gasteiger partial charge in [-0.05, 0) is 18.1 Å². The number of aromatic nitrogens is 1. The van der Waals surface area contributed by atoms with Gasteiger partial charge in [-0.2, -0.15) is 0 Å². The van der Waals surface area contributed by atoms with E-state index in [1.165, 1.54) is 5.56 Å². The van der Waals surface area contributed by atoms with Crippen LogP contribution in [0.4, 0.5) is 0 Å². The Balaban J connectivity index is 2.29. The maximum Gasteiger partial charge on any atom is 0.0960 e. The normalized spacial score (nSPS) is 11.1. The molecule has 17 heavy (non-hydrogen) atoms. The first-order valence-corrected chi connectivity index (χ1v) is 7.01. The van der Waals surface area contributed by atoms with Gasteiger partial charge in [0.05, 0.1) is 5.03 Å². The molecule has 0 aromatic carbocycles. The fraction of sp³-hybridized carbons (Fsp3) is 0.615. The smallest absolute Gasteiger partial charge is 0.0960 e. The fourth-order valence-corrected chi connectivity index (χ4v) is 2.07. The molecule has 0 atom stereocenters. The Kier molecular flexibility index (Phi) is 7.24. The number of ether oxygens (including phenoxy) is 1. The summed E-state index contributed by atoms with van der Waals surface area (Å²) in [6.07, 6.45) is 3.02. The summed E-state index contributed by atoms with van der Waals surface area (Å²) < 4.78 is 5.01. The average Bonchev–Trinajstić information content (AvgIpc) is 2.33. The lowest BCUT2D eigenvalue weighted by Crippen LogP contribution is -2.21. The Morgan fingerprint density at radius 1 is 1.41 bits per heavy atom. The molecule has 1 rings (SSSR count). The predicted octanol–water partition coefficient (Wildman–Crippen LogP) is 2.71. The molecule has 1 aromatic heterocycles. The molecular weight excluding hydrogens is 232 g/mol. The molecule has 96 valence electrons. The van der Waals surface area contributed by atoms with Crippen molar-refractivity contribution in [1.82, 2.24) is 10.3 Å². The summed E-state index contributed by atoms with van der Waals surface area (Å²) in [5, 5.41) is 4.47. The lowest BCUT2D eigenvalue weighted by atomic mass is 10.2. The second kappa shape index (κ2) is 8.50.